The summed E-state index contributed by atoms with van der Waals surface area (Å²) in [4.78, 5) is 18.6. The molecule has 6 heteroatoms. The highest BCUT2D eigenvalue weighted by atomic mass is 16.1. The average Bonchev–Trinajstić information content (AvgIpc) is 3.45. The summed E-state index contributed by atoms with van der Waals surface area (Å²) in [5.74, 6) is 3.28. The Morgan fingerprint density at radius 2 is 2.00 bits per heavy atom. The first-order chi connectivity index (χ1) is 12.7. The molecule has 0 aliphatic carbocycles. The molecule has 26 heavy (non-hydrogen) atoms. The number of rotatable bonds is 9. The molecule has 1 fully saturated rings. The fourth-order valence-electron chi connectivity index (χ4n) is 3.42. The van der Waals surface area contributed by atoms with Gasteiger partial charge in [0.25, 0.3) is 0 Å². The molecule has 0 aromatic carbocycles. The molecule has 1 saturated heterocycles. The number of hydrogen-bond donors (Lipinski definition) is 1. The number of hydrogen-bond acceptors (Lipinski definition) is 5. The molecule has 0 unspecified atom stereocenters. The Morgan fingerprint density at radius 3 is 2.65 bits per heavy atom. The molecule has 1 aromatic rings. The van der Waals surface area contributed by atoms with E-state index in [1.807, 2.05) is 12.4 Å². The predicted octanol–water partition coefficient (Wildman–Crippen LogP) is 2.77. The zero-order valence-corrected chi connectivity index (χ0v) is 15.2. The molecule has 2 aliphatic rings. The Labute approximate surface area is 155 Å². The molecule has 3 rings (SSSR count). The van der Waals surface area contributed by atoms with Crippen LogP contribution in [0.5, 0.6) is 0 Å². The predicted molar refractivity (Wildman–Crippen MR) is 100 cm³/mol. The standard InChI is InChI=1S/C20H27N5O/c1-2-3-9-20(23-24-20)10-4-19(26)22-15-17-7-13-25(14-8-17)16-18-5-11-21-12-6-18/h1,5-6,11-12,17H,3-4,7-10,13-16H2,(H,22,26). The third-order valence-electron chi connectivity index (χ3n) is 5.26. The van der Waals surface area contributed by atoms with Crippen molar-refractivity contribution in [2.45, 2.75) is 50.7 Å². The maximum absolute atomic E-state index is 12.1. The molecule has 0 spiro atoms. The zero-order chi connectivity index (χ0) is 18.2. The molecule has 0 bridgehead atoms. The third kappa shape index (κ3) is 5.63. The van der Waals surface area contributed by atoms with Crippen molar-refractivity contribution in [2.24, 2.45) is 16.1 Å². The van der Waals surface area contributed by atoms with Crippen molar-refractivity contribution in [3.05, 3.63) is 30.1 Å². The van der Waals surface area contributed by atoms with Crippen molar-refractivity contribution in [2.75, 3.05) is 19.6 Å². The Morgan fingerprint density at radius 1 is 1.27 bits per heavy atom. The average molecular weight is 353 g/mol. The molecule has 0 radical (unpaired) electrons. The lowest BCUT2D eigenvalue weighted by Gasteiger charge is -2.32. The van der Waals surface area contributed by atoms with Crippen LogP contribution in [-0.4, -0.2) is 41.1 Å². The van der Waals surface area contributed by atoms with E-state index in [2.05, 4.69) is 43.5 Å². The summed E-state index contributed by atoms with van der Waals surface area (Å²) in [5, 5.41) is 11.2. The monoisotopic (exact) mass is 353 g/mol. The second-order valence-electron chi connectivity index (χ2n) is 7.27. The van der Waals surface area contributed by atoms with E-state index in [9.17, 15) is 4.79 Å². The van der Waals surface area contributed by atoms with Gasteiger partial charge in [-0.15, -0.1) is 12.3 Å². The van der Waals surface area contributed by atoms with E-state index in [1.54, 1.807) is 0 Å². The van der Waals surface area contributed by atoms with Gasteiger partial charge in [-0.05, 0) is 49.5 Å². The van der Waals surface area contributed by atoms with Gasteiger partial charge in [0.05, 0.1) is 0 Å². The number of terminal acetylenes is 1. The van der Waals surface area contributed by atoms with Crippen molar-refractivity contribution in [1.82, 2.24) is 15.2 Å². The highest BCUT2D eigenvalue weighted by Crippen LogP contribution is 2.37. The highest BCUT2D eigenvalue weighted by Gasteiger charge is 2.39. The lowest BCUT2D eigenvalue weighted by Crippen LogP contribution is -2.38. The van der Waals surface area contributed by atoms with Crippen LogP contribution in [0.25, 0.3) is 0 Å². The normalized spacial score (nSPS) is 19.0. The largest absolute Gasteiger partial charge is 0.356 e. The van der Waals surface area contributed by atoms with Crippen molar-refractivity contribution >= 4 is 5.91 Å². The van der Waals surface area contributed by atoms with Gasteiger partial charge in [0.1, 0.15) is 0 Å². The van der Waals surface area contributed by atoms with Crippen LogP contribution in [0, 0.1) is 18.3 Å². The molecule has 0 saturated carbocycles. The Bertz CT molecular complexity index is 653. The van der Waals surface area contributed by atoms with Crippen LogP contribution in [0.1, 0.15) is 44.1 Å². The molecule has 0 atom stereocenters. The molecular formula is C20H27N5O. The number of carbonyl (C=O) groups excluding carboxylic acids is 1. The minimum absolute atomic E-state index is 0.0987. The smallest absolute Gasteiger partial charge is 0.220 e. The van der Waals surface area contributed by atoms with Crippen molar-refractivity contribution in [3.8, 4) is 12.3 Å². The lowest BCUT2D eigenvalue weighted by molar-refractivity contribution is -0.121. The number of nitrogens with one attached hydrogen (secondary N) is 1. The van der Waals surface area contributed by atoms with Crippen LogP contribution >= 0.6 is 0 Å². The van der Waals surface area contributed by atoms with Gasteiger partial charge in [-0.25, -0.2) is 0 Å². The number of piperidine rings is 1. The van der Waals surface area contributed by atoms with Gasteiger partial charge < -0.3 is 5.32 Å². The van der Waals surface area contributed by atoms with Crippen molar-refractivity contribution < 1.29 is 4.79 Å². The maximum Gasteiger partial charge on any atom is 0.220 e. The van der Waals surface area contributed by atoms with E-state index in [-0.39, 0.29) is 11.6 Å². The summed E-state index contributed by atoms with van der Waals surface area (Å²) in [6.45, 7) is 3.91. The van der Waals surface area contributed by atoms with Crippen LogP contribution in [0.3, 0.4) is 0 Å². The van der Waals surface area contributed by atoms with Gasteiger partial charge >= 0.3 is 0 Å². The summed E-state index contributed by atoms with van der Waals surface area (Å²) in [6.07, 6.45) is 13.8. The summed E-state index contributed by atoms with van der Waals surface area (Å²) in [6, 6.07) is 4.14. The first-order valence-corrected chi connectivity index (χ1v) is 9.45. The number of nitrogens with zero attached hydrogens (tertiary/aromatic N) is 4. The van der Waals surface area contributed by atoms with E-state index >= 15 is 0 Å². The van der Waals surface area contributed by atoms with Gasteiger partial charge in [-0.3, -0.25) is 14.7 Å². The summed E-state index contributed by atoms with van der Waals surface area (Å²) in [5.41, 5.74) is 0.948. The second-order valence-corrected chi connectivity index (χ2v) is 7.27. The minimum Gasteiger partial charge on any atom is -0.356 e. The first-order valence-electron chi connectivity index (χ1n) is 9.45. The number of amides is 1. The zero-order valence-electron chi connectivity index (χ0n) is 15.2. The van der Waals surface area contributed by atoms with Gasteiger partial charge in [-0.2, -0.15) is 10.2 Å². The fraction of sp³-hybridized carbons (Fsp3) is 0.600. The quantitative estimate of drug-likeness (QED) is 0.694. The molecule has 6 nitrogen and oxygen atoms in total. The van der Waals surface area contributed by atoms with E-state index in [0.29, 0.717) is 25.2 Å². The van der Waals surface area contributed by atoms with Crippen molar-refractivity contribution in [1.29, 1.82) is 0 Å². The number of pyridine rings is 1. The molecule has 2 aliphatic heterocycles. The first kappa shape index (κ1) is 18.5. The third-order valence-corrected chi connectivity index (χ3v) is 5.26. The molecular weight excluding hydrogens is 326 g/mol. The highest BCUT2D eigenvalue weighted by molar-refractivity contribution is 5.76. The summed E-state index contributed by atoms with van der Waals surface area (Å²) < 4.78 is 0. The van der Waals surface area contributed by atoms with Gasteiger partial charge in [0.15, 0.2) is 5.66 Å². The number of carbonyl (C=O) groups is 1. The molecule has 3 heterocycles. The second kappa shape index (κ2) is 8.91. The van der Waals surface area contributed by atoms with Gasteiger partial charge in [-0.1, -0.05) is 0 Å². The number of likely N-dealkylation sites (tertiary alicyclic amines) is 1. The summed E-state index contributed by atoms with van der Waals surface area (Å²) >= 11 is 0. The van der Waals surface area contributed by atoms with Crippen molar-refractivity contribution in [3.63, 3.8) is 0 Å². The Balaban J connectivity index is 1.29. The molecule has 1 amide bonds. The lowest BCUT2D eigenvalue weighted by atomic mass is 9.96. The number of aromatic nitrogens is 1. The van der Waals surface area contributed by atoms with E-state index in [1.165, 1.54) is 5.56 Å². The van der Waals surface area contributed by atoms with Crippen LogP contribution in [-0.2, 0) is 11.3 Å². The summed E-state index contributed by atoms with van der Waals surface area (Å²) in [7, 11) is 0. The molecule has 1 N–H and O–H groups in total. The SMILES string of the molecule is C#CCCC1(CCC(=O)NCC2CCN(Cc3ccncc3)CC2)N=N1. The van der Waals surface area contributed by atoms with E-state index in [4.69, 9.17) is 6.42 Å². The van der Waals surface area contributed by atoms with Crippen LogP contribution in [0.15, 0.2) is 34.8 Å². The minimum atomic E-state index is -0.359. The van der Waals surface area contributed by atoms with E-state index < -0.39 is 0 Å². The Hall–Kier alpha value is -2.26. The topological polar surface area (TPSA) is 70.0 Å². The molecule has 1 aromatic heterocycles. The van der Waals surface area contributed by atoms with Crippen LogP contribution in [0.2, 0.25) is 0 Å². The van der Waals surface area contributed by atoms with Crippen LogP contribution in [0.4, 0.5) is 0 Å². The van der Waals surface area contributed by atoms with Gasteiger partial charge in [0.2, 0.25) is 5.91 Å². The van der Waals surface area contributed by atoms with Crippen LogP contribution < -0.4 is 5.32 Å². The fourth-order valence-corrected chi connectivity index (χ4v) is 3.42. The molecule has 138 valence electrons. The van der Waals surface area contributed by atoms with E-state index in [0.717, 1.165) is 45.4 Å². The van der Waals surface area contributed by atoms with Gasteiger partial charge in [0, 0.05) is 51.2 Å². The Kier molecular flexibility index (Phi) is 6.35. The maximum atomic E-state index is 12.1.